The van der Waals surface area contributed by atoms with Gasteiger partial charge in [-0.25, -0.2) is 8.42 Å². The molecule has 0 heterocycles. The van der Waals surface area contributed by atoms with Crippen molar-refractivity contribution in [1.82, 2.24) is 0 Å². The molecule has 0 spiro atoms. The van der Waals surface area contributed by atoms with Crippen LogP contribution in [0.15, 0.2) is 18.2 Å². The third kappa shape index (κ3) is 3.11. The zero-order valence-corrected chi connectivity index (χ0v) is 10.3. The van der Waals surface area contributed by atoms with Gasteiger partial charge in [-0.15, -0.1) is 0 Å². The largest absolute Gasteiger partial charge is 0.398 e. The minimum atomic E-state index is -3.13. The van der Waals surface area contributed by atoms with Gasteiger partial charge in [0.05, 0.1) is 11.0 Å². The molecule has 1 aromatic carbocycles. The highest BCUT2D eigenvalue weighted by Crippen LogP contribution is 2.21. The van der Waals surface area contributed by atoms with Gasteiger partial charge < -0.3 is 5.73 Å². The van der Waals surface area contributed by atoms with Crippen LogP contribution in [0.3, 0.4) is 0 Å². The Labute approximate surface area is 95.2 Å². The van der Waals surface area contributed by atoms with Crippen molar-refractivity contribution in [3.8, 4) is 0 Å². The summed E-state index contributed by atoms with van der Waals surface area (Å²) in [7, 11) is -3.13. The van der Waals surface area contributed by atoms with E-state index in [9.17, 15) is 8.42 Å². The van der Waals surface area contributed by atoms with Gasteiger partial charge in [-0.2, -0.15) is 0 Å². The molecule has 0 atom stereocenters. The average Bonchev–Trinajstić information content (AvgIpc) is 2.10. The van der Waals surface area contributed by atoms with Crippen molar-refractivity contribution in [2.45, 2.75) is 24.9 Å². The Morgan fingerprint density at radius 2 is 2.00 bits per heavy atom. The fraction of sp³-hybridized carbons (Fsp3) is 0.400. The average molecular weight is 248 g/mol. The topological polar surface area (TPSA) is 60.2 Å². The van der Waals surface area contributed by atoms with Gasteiger partial charge in [-0.3, -0.25) is 0 Å². The molecule has 0 aliphatic rings. The molecule has 0 aromatic heterocycles. The number of hydrogen-bond donors (Lipinski definition) is 1. The summed E-state index contributed by atoms with van der Waals surface area (Å²) in [5.41, 5.74) is 6.70. The molecule has 0 saturated carbocycles. The van der Waals surface area contributed by atoms with Crippen molar-refractivity contribution in [1.29, 1.82) is 0 Å². The normalized spacial score (nSPS) is 12.0. The number of rotatable bonds is 3. The maximum Gasteiger partial charge on any atom is 0.156 e. The van der Waals surface area contributed by atoms with Crippen LogP contribution in [-0.2, 0) is 15.6 Å². The zero-order chi connectivity index (χ0) is 11.6. The number of halogens is 1. The van der Waals surface area contributed by atoms with Crippen molar-refractivity contribution < 1.29 is 8.42 Å². The molecular formula is C10H14ClNO2S. The number of benzene rings is 1. The van der Waals surface area contributed by atoms with E-state index < -0.39 is 15.1 Å². The molecule has 0 aliphatic carbocycles. The lowest BCUT2D eigenvalue weighted by Crippen LogP contribution is -2.16. The molecular weight excluding hydrogens is 234 g/mol. The molecule has 3 nitrogen and oxygen atoms in total. The van der Waals surface area contributed by atoms with Gasteiger partial charge in [-0.1, -0.05) is 11.6 Å². The second-order valence-electron chi connectivity index (χ2n) is 3.70. The Bertz CT molecular complexity index is 454. The molecule has 84 valence electrons. The van der Waals surface area contributed by atoms with Crippen LogP contribution >= 0.6 is 11.6 Å². The minimum absolute atomic E-state index is 0.0585. The Morgan fingerprint density at radius 1 is 1.40 bits per heavy atom. The molecule has 0 unspecified atom stereocenters. The predicted molar refractivity (Wildman–Crippen MR) is 63.6 cm³/mol. The Morgan fingerprint density at radius 3 is 2.53 bits per heavy atom. The first-order chi connectivity index (χ1) is 6.83. The highest BCUT2D eigenvalue weighted by atomic mass is 35.5. The van der Waals surface area contributed by atoms with Gasteiger partial charge in [0.2, 0.25) is 0 Å². The second-order valence-corrected chi connectivity index (χ2v) is 6.69. The Kier molecular flexibility index (Phi) is 3.62. The summed E-state index contributed by atoms with van der Waals surface area (Å²) in [5.74, 6) is -0.0585. The monoisotopic (exact) mass is 247 g/mol. The lowest BCUT2D eigenvalue weighted by molar-refractivity contribution is 0.586. The maximum absolute atomic E-state index is 11.7. The number of nitrogens with two attached hydrogens (primary N) is 1. The maximum atomic E-state index is 11.7. The molecule has 1 aromatic rings. The van der Waals surface area contributed by atoms with E-state index in [2.05, 4.69) is 0 Å². The third-order valence-corrected chi connectivity index (χ3v) is 4.56. The van der Waals surface area contributed by atoms with Crippen LogP contribution in [0.25, 0.3) is 0 Å². The van der Waals surface area contributed by atoms with Crippen molar-refractivity contribution in [3.63, 3.8) is 0 Å². The summed E-state index contributed by atoms with van der Waals surface area (Å²) >= 11 is 5.77. The molecule has 1 rings (SSSR count). The van der Waals surface area contributed by atoms with E-state index in [4.69, 9.17) is 17.3 Å². The highest BCUT2D eigenvalue weighted by molar-refractivity contribution is 7.91. The van der Waals surface area contributed by atoms with Gasteiger partial charge >= 0.3 is 0 Å². The Hall–Kier alpha value is -0.740. The van der Waals surface area contributed by atoms with Gasteiger partial charge in [0.1, 0.15) is 0 Å². The second kappa shape index (κ2) is 4.41. The van der Waals surface area contributed by atoms with Crippen LogP contribution in [0.5, 0.6) is 0 Å². The van der Waals surface area contributed by atoms with E-state index in [0.717, 1.165) is 0 Å². The molecule has 15 heavy (non-hydrogen) atoms. The molecule has 5 heteroatoms. The molecule has 0 aliphatic heterocycles. The summed E-state index contributed by atoms with van der Waals surface area (Å²) in [4.78, 5) is 0. The first-order valence-electron chi connectivity index (χ1n) is 4.58. The van der Waals surface area contributed by atoms with Crippen LogP contribution in [0.1, 0.15) is 19.4 Å². The highest BCUT2D eigenvalue weighted by Gasteiger charge is 2.18. The van der Waals surface area contributed by atoms with E-state index in [0.29, 0.717) is 16.3 Å². The molecule has 2 N–H and O–H groups in total. The van der Waals surface area contributed by atoms with E-state index in [1.807, 2.05) is 0 Å². The van der Waals surface area contributed by atoms with E-state index in [1.165, 1.54) is 0 Å². The zero-order valence-electron chi connectivity index (χ0n) is 8.70. The van der Waals surface area contributed by atoms with Gasteiger partial charge in [0.15, 0.2) is 9.84 Å². The molecule has 0 radical (unpaired) electrons. The van der Waals surface area contributed by atoms with Gasteiger partial charge in [0.25, 0.3) is 0 Å². The molecule has 0 bridgehead atoms. The van der Waals surface area contributed by atoms with Gasteiger partial charge in [-0.05, 0) is 37.6 Å². The summed E-state index contributed by atoms with van der Waals surface area (Å²) in [6, 6.07) is 4.85. The lowest BCUT2D eigenvalue weighted by atomic mass is 10.2. The quantitative estimate of drug-likeness (QED) is 0.834. The summed E-state index contributed by atoms with van der Waals surface area (Å²) in [6.45, 7) is 3.30. The standard InChI is InChI=1S/C10H14ClNO2S/c1-7(2)15(13,14)6-8-5-9(11)3-4-10(8)12/h3-5,7H,6,12H2,1-2H3. The third-order valence-electron chi connectivity index (χ3n) is 2.18. The number of anilines is 1. The van der Waals surface area contributed by atoms with Crippen LogP contribution in [-0.4, -0.2) is 13.7 Å². The predicted octanol–water partition coefficient (Wildman–Crippen LogP) is 2.25. The SMILES string of the molecule is CC(C)S(=O)(=O)Cc1cc(Cl)ccc1N. The summed E-state index contributed by atoms with van der Waals surface area (Å²) < 4.78 is 23.3. The van der Waals surface area contributed by atoms with Crippen LogP contribution in [0, 0.1) is 0 Å². The van der Waals surface area contributed by atoms with Crippen LogP contribution in [0.4, 0.5) is 5.69 Å². The number of sulfone groups is 1. The van der Waals surface area contributed by atoms with Crippen molar-refractivity contribution in [2.24, 2.45) is 0 Å². The van der Waals surface area contributed by atoms with E-state index >= 15 is 0 Å². The fourth-order valence-electron chi connectivity index (χ4n) is 1.08. The smallest absolute Gasteiger partial charge is 0.156 e. The van der Waals surface area contributed by atoms with Crippen molar-refractivity contribution in [3.05, 3.63) is 28.8 Å². The minimum Gasteiger partial charge on any atom is -0.398 e. The number of hydrogen-bond acceptors (Lipinski definition) is 3. The van der Waals surface area contributed by atoms with Crippen molar-refractivity contribution in [2.75, 3.05) is 5.73 Å². The lowest BCUT2D eigenvalue weighted by Gasteiger charge is -2.09. The van der Waals surface area contributed by atoms with E-state index in [-0.39, 0.29) is 5.75 Å². The molecule has 0 amide bonds. The number of nitrogen functional groups attached to an aromatic ring is 1. The summed E-state index contributed by atoms with van der Waals surface area (Å²) in [6.07, 6.45) is 0. The fourth-order valence-corrected chi connectivity index (χ4v) is 2.29. The molecule has 0 saturated heterocycles. The first-order valence-corrected chi connectivity index (χ1v) is 6.68. The van der Waals surface area contributed by atoms with Gasteiger partial charge in [0, 0.05) is 10.7 Å². The Balaban J connectivity index is 3.05. The van der Waals surface area contributed by atoms with E-state index in [1.54, 1.807) is 32.0 Å². The van der Waals surface area contributed by atoms with Crippen molar-refractivity contribution >= 4 is 27.1 Å². The summed E-state index contributed by atoms with van der Waals surface area (Å²) in [5, 5.41) is 0.0917. The first kappa shape index (κ1) is 12.3. The molecule has 0 fully saturated rings. The van der Waals surface area contributed by atoms with Crippen LogP contribution < -0.4 is 5.73 Å². The van der Waals surface area contributed by atoms with Crippen LogP contribution in [0.2, 0.25) is 5.02 Å².